The minimum atomic E-state index is -1.26. The van der Waals surface area contributed by atoms with Gasteiger partial charge in [-0.3, -0.25) is 19.3 Å². The number of benzene rings is 1. The summed E-state index contributed by atoms with van der Waals surface area (Å²) in [5.74, 6) is -5.89. The number of amides is 3. The van der Waals surface area contributed by atoms with Gasteiger partial charge in [-0.05, 0) is 52.2 Å². The lowest BCUT2D eigenvalue weighted by Gasteiger charge is -2.47. The number of halogens is 2. The van der Waals surface area contributed by atoms with E-state index >= 15 is 0 Å². The van der Waals surface area contributed by atoms with Gasteiger partial charge >= 0.3 is 11.9 Å². The molecule has 0 spiro atoms. The van der Waals surface area contributed by atoms with Crippen molar-refractivity contribution in [2.45, 2.75) is 65.6 Å². The van der Waals surface area contributed by atoms with Gasteiger partial charge in [0.1, 0.15) is 11.6 Å². The van der Waals surface area contributed by atoms with Gasteiger partial charge in [0.15, 0.2) is 0 Å². The lowest BCUT2D eigenvalue weighted by Crippen LogP contribution is -2.64. The van der Waals surface area contributed by atoms with E-state index in [1.165, 1.54) is 4.90 Å². The Labute approximate surface area is 261 Å². The van der Waals surface area contributed by atoms with Crippen LogP contribution >= 0.6 is 0 Å². The smallest absolute Gasteiger partial charge is 0.328 e. The van der Waals surface area contributed by atoms with Crippen LogP contribution in [0, 0.1) is 28.9 Å². The molecule has 1 aliphatic heterocycles. The van der Waals surface area contributed by atoms with Gasteiger partial charge < -0.3 is 37.0 Å². The summed E-state index contributed by atoms with van der Waals surface area (Å²) < 4.78 is 27.4. The average molecular weight is 642 g/mol. The van der Waals surface area contributed by atoms with Crippen LogP contribution < -0.4 is 21.7 Å². The number of hydrogen-bond acceptors (Lipinski definition) is 8. The van der Waals surface area contributed by atoms with Crippen molar-refractivity contribution in [2.75, 3.05) is 31.1 Å². The van der Waals surface area contributed by atoms with E-state index in [4.69, 9.17) is 21.7 Å². The highest BCUT2D eigenvalue weighted by Gasteiger charge is 2.40. The monoisotopic (exact) mass is 641 g/mol. The first-order valence-corrected chi connectivity index (χ1v) is 14.2. The number of nitrogens with two attached hydrogens (primary N) is 2. The van der Waals surface area contributed by atoms with Crippen molar-refractivity contribution < 1.29 is 48.1 Å². The minimum absolute atomic E-state index is 0.0537. The van der Waals surface area contributed by atoms with Crippen LogP contribution in [0.25, 0.3) is 0 Å². The Balaban J connectivity index is 0.00000111. The number of carboxylic acids is 2. The first kappa shape index (κ1) is 39.1. The van der Waals surface area contributed by atoms with Crippen molar-refractivity contribution in [1.82, 2.24) is 10.2 Å². The van der Waals surface area contributed by atoms with Gasteiger partial charge in [0, 0.05) is 61.0 Å². The van der Waals surface area contributed by atoms with Gasteiger partial charge in [-0.1, -0.05) is 13.8 Å². The van der Waals surface area contributed by atoms with Gasteiger partial charge in [-0.15, -0.1) is 0 Å². The summed E-state index contributed by atoms with van der Waals surface area (Å²) in [6, 6.07) is 2.22. The second-order valence-corrected chi connectivity index (χ2v) is 12.6. The molecule has 1 heterocycles. The number of carboxylic acid groups (broad SMARTS) is 2. The number of carbonyl (C=O) groups is 5. The van der Waals surface area contributed by atoms with Crippen LogP contribution in [0.2, 0.25) is 0 Å². The Morgan fingerprint density at radius 2 is 1.58 bits per heavy atom. The summed E-state index contributed by atoms with van der Waals surface area (Å²) in [4.78, 5) is 59.5. The molecule has 1 aliphatic rings. The maximum Gasteiger partial charge on any atom is 0.328 e. The number of carbonyl (C=O) groups excluding carboxylic acids is 3. The highest BCUT2D eigenvalue weighted by Crippen LogP contribution is 2.28. The van der Waals surface area contributed by atoms with Crippen LogP contribution in [-0.2, 0) is 24.0 Å². The zero-order valence-corrected chi connectivity index (χ0v) is 26.4. The van der Waals surface area contributed by atoms with Crippen molar-refractivity contribution >= 4 is 35.3 Å². The number of nitrogens with one attached hydrogen (secondary N) is 1. The van der Waals surface area contributed by atoms with Gasteiger partial charge in [0.25, 0.3) is 0 Å². The fraction of sp³-hybridized carbons (Fsp3) is 0.567. The van der Waals surface area contributed by atoms with E-state index in [1.807, 2.05) is 32.6 Å². The van der Waals surface area contributed by atoms with E-state index in [9.17, 15) is 37.9 Å². The number of rotatable bonds is 13. The maximum atomic E-state index is 13.7. The second-order valence-electron chi connectivity index (χ2n) is 12.6. The molecule has 8 N–H and O–H groups in total. The molecule has 15 heteroatoms. The van der Waals surface area contributed by atoms with Crippen LogP contribution in [0.15, 0.2) is 30.4 Å². The second kappa shape index (κ2) is 16.4. The highest BCUT2D eigenvalue weighted by atomic mass is 19.1. The van der Waals surface area contributed by atoms with Crippen LogP contribution in [-0.4, -0.2) is 93.7 Å². The number of piperazine rings is 1. The summed E-state index contributed by atoms with van der Waals surface area (Å²) >= 11 is 0. The van der Waals surface area contributed by atoms with Crippen molar-refractivity contribution in [3.8, 4) is 0 Å². The quantitative estimate of drug-likeness (QED) is 0.168. The predicted molar refractivity (Wildman–Crippen MR) is 162 cm³/mol. The molecule has 0 saturated carbocycles. The molecule has 1 saturated heterocycles. The molecule has 0 aromatic heterocycles. The molecule has 13 nitrogen and oxygen atoms in total. The fourth-order valence-electron chi connectivity index (χ4n) is 4.44. The number of anilines is 1. The summed E-state index contributed by atoms with van der Waals surface area (Å²) in [7, 11) is 0. The molecule has 3 atom stereocenters. The van der Waals surface area contributed by atoms with Crippen molar-refractivity contribution in [3.05, 3.63) is 42.0 Å². The molecule has 2 rings (SSSR count). The van der Waals surface area contributed by atoms with E-state index in [0.29, 0.717) is 12.2 Å². The molecule has 0 aliphatic carbocycles. The highest BCUT2D eigenvalue weighted by molar-refractivity contribution is 5.96. The summed E-state index contributed by atoms with van der Waals surface area (Å²) in [6.45, 7) is 11.1. The normalized spacial score (nSPS) is 17.3. The largest absolute Gasteiger partial charge is 0.478 e. The van der Waals surface area contributed by atoms with E-state index < -0.39 is 58.5 Å². The van der Waals surface area contributed by atoms with Crippen LogP contribution in [0.1, 0.15) is 48.0 Å². The Hall–Kier alpha value is -3.95. The Bertz CT molecular complexity index is 1230. The number of hydrogen-bond donors (Lipinski definition) is 6. The Morgan fingerprint density at radius 1 is 1.07 bits per heavy atom. The van der Waals surface area contributed by atoms with E-state index in [0.717, 1.165) is 18.2 Å². The maximum absolute atomic E-state index is 13.7. The van der Waals surface area contributed by atoms with Gasteiger partial charge in [-0.2, -0.15) is 0 Å². The van der Waals surface area contributed by atoms with Crippen LogP contribution in [0.5, 0.6) is 0 Å². The average Bonchev–Trinajstić information content (AvgIpc) is 2.90. The van der Waals surface area contributed by atoms with E-state index in [2.05, 4.69) is 5.32 Å². The molecule has 1 aromatic rings. The van der Waals surface area contributed by atoms with Crippen LogP contribution in [0.4, 0.5) is 14.5 Å². The first-order valence-electron chi connectivity index (χ1n) is 14.2. The zero-order valence-electron chi connectivity index (χ0n) is 26.4. The zero-order chi connectivity index (χ0) is 34.9. The van der Waals surface area contributed by atoms with Gasteiger partial charge in [0.05, 0.1) is 18.1 Å². The minimum Gasteiger partial charge on any atom is -0.478 e. The fourth-order valence-corrected chi connectivity index (χ4v) is 4.44. The summed E-state index contributed by atoms with van der Waals surface area (Å²) in [5.41, 5.74) is 10.3. The lowest BCUT2D eigenvalue weighted by atomic mass is 9.86. The third kappa shape index (κ3) is 12.5. The summed E-state index contributed by atoms with van der Waals surface area (Å²) in [6.07, 6.45) is 0.173. The Morgan fingerprint density at radius 3 is 2.02 bits per heavy atom. The van der Waals surface area contributed by atoms with Gasteiger partial charge in [-0.25, -0.2) is 18.4 Å². The Kier molecular flexibility index (Phi) is 14.2. The van der Waals surface area contributed by atoms with Crippen molar-refractivity contribution in [2.24, 2.45) is 28.7 Å². The summed E-state index contributed by atoms with van der Waals surface area (Å²) in [5, 5.41) is 29.3. The third-order valence-electron chi connectivity index (χ3n) is 7.49. The topological polar surface area (TPSA) is 217 Å². The number of primary amides is 1. The SMILES string of the molecule is CC(C)[C@H](C[C@H](O)[C@@H](N)CN1CC(=O)N(c2cc(F)cc(F)c2)CC1(C)C)C(=O)NCC(C)(C)C(N)=O.O=C(O)/C=C/C(=O)O. The number of nitrogens with zero attached hydrogens (tertiary/aromatic N) is 2. The van der Waals surface area contributed by atoms with E-state index in [-0.39, 0.29) is 56.0 Å². The first-order chi connectivity index (χ1) is 20.6. The molecule has 252 valence electrons. The van der Waals surface area contributed by atoms with Crippen LogP contribution in [0.3, 0.4) is 0 Å². The predicted octanol–water partition coefficient (Wildman–Crippen LogP) is 1.08. The molecule has 1 fully saturated rings. The van der Waals surface area contributed by atoms with E-state index in [1.54, 1.807) is 13.8 Å². The molecule has 0 bridgehead atoms. The number of aliphatic hydroxyl groups excluding tert-OH is 1. The van der Waals surface area contributed by atoms with Gasteiger partial charge in [0.2, 0.25) is 17.7 Å². The van der Waals surface area contributed by atoms with Crippen molar-refractivity contribution in [3.63, 3.8) is 0 Å². The number of aliphatic carboxylic acids is 2. The molecule has 3 amide bonds. The molecular formula is C30H45F2N5O8. The molecule has 1 aromatic carbocycles. The molecular weight excluding hydrogens is 596 g/mol. The standard InChI is InChI=1S/C26H41F2N5O4.C4H4O4/c1-15(2)19(23(36)31-13-25(3,4)24(30)37)10-21(34)20(29)11-32-12-22(35)33(14-26(32,5)6)18-8-16(27)7-17(28)9-18;5-3(6)1-2-4(7)8/h7-9,15,19-21,34H,10-14,29H2,1-6H3,(H2,30,37)(H,31,36);1-2H,(H,5,6)(H,7,8)/b;2-1+/t19-,20-,21-;/m0./s1. The molecule has 45 heavy (non-hydrogen) atoms. The number of aliphatic hydroxyl groups is 1. The molecule has 0 radical (unpaired) electrons. The van der Waals surface area contributed by atoms with Crippen molar-refractivity contribution in [1.29, 1.82) is 0 Å². The lowest BCUT2D eigenvalue weighted by molar-refractivity contribution is -0.134. The third-order valence-corrected chi connectivity index (χ3v) is 7.49. The molecule has 0 unspecified atom stereocenters.